The Kier molecular flexibility index (Phi) is 4.81. The minimum atomic E-state index is -0.0640. The van der Waals surface area contributed by atoms with Gasteiger partial charge in [-0.05, 0) is 37.2 Å². The summed E-state index contributed by atoms with van der Waals surface area (Å²) in [6.07, 6.45) is 2.73. The van der Waals surface area contributed by atoms with Crippen molar-refractivity contribution in [1.29, 1.82) is 0 Å². The molecule has 0 bridgehead atoms. The van der Waals surface area contributed by atoms with E-state index >= 15 is 0 Å². The summed E-state index contributed by atoms with van der Waals surface area (Å²) in [5.41, 5.74) is 2.79. The van der Waals surface area contributed by atoms with Gasteiger partial charge in [-0.1, -0.05) is 6.07 Å². The Morgan fingerprint density at radius 3 is 2.93 bits per heavy atom. The van der Waals surface area contributed by atoms with E-state index < -0.39 is 0 Å². The van der Waals surface area contributed by atoms with Crippen LogP contribution in [0.1, 0.15) is 23.6 Å². The van der Waals surface area contributed by atoms with Gasteiger partial charge in [-0.3, -0.25) is 14.7 Å². The Bertz CT molecular complexity index is 1010. The summed E-state index contributed by atoms with van der Waals surface area (Å²) in [6, 6.07) is 11.5. The zero-order chi connectivity index (χ0) is 18.8. The number of fused-ring (bicyclic) bond motifs is 1. The van der Waals surface area contributed by atoms with Crippen LogP contribution in [0.25, 0.3) is 10.9 Å². The lowest BCUT2D eigenvalue weighted by molar-refractivity contribution is 0.315. The molecule has 1 aromatic carbocycles. The number of aromatic amines is 1. The van der Waals surface area contributed by atoms with E-state index in [1.54, 1.807) is 26.5 Å². The van der Waals surface area contributed by atoms with Gasteiger partial charge >= 0.3 is 0 Å². The van der Waals surface area contributed by atoms with Crippen molar-refractivity contribution in [3.63, 3.8) is 0 Å². The molecule has 1 N–H and O–H groups in total. The third-order valence-electron chi connectivity index (χ3n) is 5.23. The fraction of sp³-hybridized carbons (Fsp3) is 0.333. The number of hydrogen-bond acceptors (Lipinski definition) is 5. The minimum absolute atomic E-state index is 0.0640. The Morgan fingerprint density at radius 2 is 2.11 bits per heavy atom. The molecule has 0 amide bonds. The second-order valence-electron chi connectivity index (χ2n) is 6.89. The molecule has 27 heavy (non-hydrogen) atoms. The fourth-order valence-corrected chi connectivity index (χ4v) is 3.78. The van der Waals surface area contributed by atoms with Crippen LogP contribution in [0.15, 0.2) is 47.4 Å². The average molecular weight is 365 g/mol. The molecule has 0 saturated carbocycles. The third kappa shape index (κ3) is 3.53. The van der Waals surface area contributed by atoms with Crippen molar-refractivity contribution in [1.82, 2.24) is 14.9 Å². The number of nitrogens with one attached hydrogen (secondary N) is 1. The van der Waals surface area contributed by atoms with Gasteiger partial charge in [-0.25, -0.2) is 0 Å². The summed E-state index contributed by atoms with van der Waals surface area (Å²) in [5.74, 6) is 1.92. The normalized spacial score (nSPS) is 17.3. The second kappa shape index (κ2) is 7.40. The van der Waals surface area contributed by atoms with E-state index in [9.17, 15) is 4.79 Å². The predicted molar refractivity (Wildman–Crippen MR) is 105 cm³/mol. The van der Waals surface area contributed by atoms with Crippen molar-refractivity contribution in [2.75, 3.05) is 27.3 Å². The zero-order valence-corrected chi connectivity index (χ0v) is 15.6. The summed E-state index contributed by atoms with van der Waals surface area (Å²) in [5, 5.41) is 0.638. The van der Waals surface area contributed by atoms with Crippen LogP contribution < -0.4 is 15.0 Å². The molecule has 2 aromatic heterocycles. The fourth-order valence-electron chi connectivity index (χ4n) is 3.78. The van der Waals surface area contributed by atoms with E-state index in [1.807, 2.05) is 30.3 Å². The van der Waals surface area contributed by atoms with E-state index in [0.29, 0.717) is 11.3 Å². The van der Waals surface area contributed by atoms with E-state index in [2.05, 4.69) is 14.9 Å². The van der Waals surface area contributed by atoms with Crippen LogP contribution in [0, 0.1) is 0 Å². The van der Waals surface area contributed by atoms with Gasteiger partial charge in [0.2, 0.25) is 0 Å². The quantitative estimate of drug-likeness (QED) is 0.753. The third-order valence-corrected chi connectivity index (χ3v) is 5.23. The molecule has 1 aliphatic rings. The molecular formula is C21H23N3O3. The molecule has 1 fully saturated rings. The van der Waals surface area contributed by atoms with Crippen LogP contribution in [0.4, 0.5) is 0 Å². The number of H-pyrrole nitrogens is 1. The predicted octanol–water partition coefficient (Wildman–Crippen LogP) is 2.93. The Hall–Kier alpha value is -2.86. The molecule has 3 aromatic rings. The van der Waals surface area contributed by atoms with Crippen LogP contribution in [-0.4, -0.2) is 42.2 Å². The molecule has 0 aliphatic carbocycles. The molecule has 4 rings (SSSR count). The number of hydrogen-bond donors (Lipinski definition) is 1. The molecular weight excluding hydrogens is 342 g/mol. The zero-order valence-electron chi connectivity index (χ0n) is 15.6. The molecule has 3 heterocycles. The first-order valence-electron chi connectivity index (χ1n) is 9.09. The molecule has 1 atom stereocenters. The maximum absolute atomic E-state index is 12.3. The molecule has 1 saturated heterocycles. The minimum Gasteiger partial charge on any atom is -0.497 e. The van der Waals surface area contributed by atoms with Gasteiger partial charge in [0.15, 0.2) is 0 Å². The largest absolute Gasteiger partial charge is 0.497 e. The number of pyridine rings is 2. The summed E-state index contributed by atoms with van der Waals surface area (Å²) in [6.45, 7) is 2.67. The monoisotopic (exact) mass is 365 g/mol. The lowest BCUT2D eigenvalue weighted by atomic mass is 10.0. The summed E-state index contributed by atoms with van der Waals surface area (Å²) < 4.78 is 10.8. The van der Waals surface area contributed by atoms with Crippen LogP contribution in [-0.2, 0) is 6.54 Å². The first kappa shape index (κ1) is 17.5. The topological polar surface area (TPSA) is 67.5 Å². The van der Waals surface area contributed by atoms with Gasteiger partial charge in [0.05, 0.1) is 25.1 Å². The van der Waals surface area contributed by atoms with Gasteiger partial charge in [0, 0.05) is 42.5 Å². The molecule has 0 unspecified atom stereocenters. The van der Waals surface area contributed by atoms with Crippen molar-refractivity contribution in [2.45, 2.75) is 18.9 Å². The highest BCUT2D eigenvalue weighted by molar-refractivity contribution is 5.77. The van der Waals surface area contributed by atoms with E-state index in [1.165, 1.54) is 0 Å². The van der Waals surface area contributed by atoms with Crippen LogP contribution in [0.3, 0.4) is 0 Å². The standard InChI is InChI=1S/C21H23N3O3/c1-26-16-6-5-15(20(10-16)27-2)13-24-9-7-14(12-24)18-11-19-17(21(25)23-18)4-3-8-22-19/h3-6,8,10-11,14H,7,9,12-13H2,1-2H3,(H,23,25)/t14-/m1/s1. The average Bonchev–Trinajstić information content (AvgIpc) is 3.17. The number of methoxy groups -OCH3 is 2. The summed E-state index contributed by atoms with van der Waals surface area (Å²) >= 11 is 0. The smallest absolute Gasteiger partial charge is 0.257 e. The van der Waals surface area contributed by atoms with Gasteiger partial charge in [-0.15, -0.1) is 0 Å². The van der Waals surface area contributed by atoms with E-state index in [4.69, 9.17) is 9.47 Å². The first-order valence-corrected chi connectivity index (χ1v) is 9.09. The maximum Gasteiger partial charge on any atom is 0.257 e. The van der Waals surface area contributed by atoms with Crippen LogP contribution >= 0.6 is 0 Å². The highest BCUT2D eigenvalue weighted by Crippen LogP contribution is 2.30. The summed E-state index contributed by atoms with van der Waals surface area (Å²) in [7, 11) is 3.33. The molecule has 0 spiro atoms. The van der Waals surface area contributed by atoms with E-state index in [0.717, 1.165) is 54.3 Å². The molecule has 140 valence electrons. The Balaban J connectivity index is 1.52. The highest BCUT2D eigenvalue weighted by atomic mass is 16.5. The van der Waals surface area contributed by atoms with E-state index in [-0.39, 0.29) is 5.56 Å². The first-order chi connectivity index (χ1) is 13.2. The Morgan fingerprint density at radius 1 is 1.22 bits per heavy atom. The molecule has 0 radical (unpaired) electrons. The molecule has 6 heteroatoms. The number of nitrogens with zero attached hydrogens (tertiary/aromatic N) is 2. The highest BCUT2D eigenvalue weighted by Gasteiger charge is 2.26. The Labute approximate surface area is 157 Å². The SMILES string of the molecule is COc1ccc(CN2CC[C@@H](c3cc4ncccc4c(=O)[nH]3)C2)c(OC)c1. The number of benzene rings is 1. The van der Waals surface area contributed by atoms with Crippen molar-refractivity contribution >= 4 is 10.9 Å². The number of likely N-dealkylation sites (tertiary alicyclic amines) is 1. The van der Waals surface area contributed by atoms with Gasteiger partial charge in [0.25, 0.3) is 5.56 Å². The van der Waals surface area contributed by atoms with Crippen molar-refractivity contribution in [2.24, 2.45) is 0 Å². The molecule has 6 nitrogen and oxygen atoms in total. The van der Waals surface area contributed by atoms with Crippen LogP contribution in [0.5, 0.6) is 11.5 Å². The van der Waals surface area contributed by atoms with Crippen molar-refractivity contribution in [3.8, 4) is 11.5 Å². The van der Waals surface area contributed by atoms with Gasteiger partial charge < -0.3 is 14.5 Å². The van der Waals surface area contributed by atoms with Gasteiger partial charge in [-0.2, -0.15) is 0 Å². The summed E-state index contributed by atoms with van der Waals surface area (Å²) in [4.78, 5) is 22.1. The number of aromatic nitrogens is 2. The number of rotatable bonds is 5. The maximum atomic E-state index is 12.3. The van der Waals surface area contributed by atoms with Gasteiger partial charge in [0.1, 0.15) is 11.5 Å². The second-order valence-corrected chi connectivity index (χ2v) is 6.89. The lowest BCUT2D eigenvalue weighted by Crippen LogP contribution is -2.21. The van der Waals surface area contributed by atoms with Crippen molar-refractivity contribution < 1.29 is 9.47 Å². The van der Waals surface area contributed by atoms with Crippen molar-refractivity contribution in [3.05, 3.63) is 64.2 Å². The van der Waals surface area contributed by atoms with Crippen LogP contribution in [0.2, 0.25) is 0 Å². The lowest BCUT2D eigenvalue weighted by Gasteiger charge is -2.18. The molecule has 1 aliphatic heterocycles. The number of ether oxygens (including phenoxy) is 2.